The first-order valence-corrected chi connectivity index (χ1v) is 8.62. The van der Waals surface area contributed by atoms with E-state index in [9.17, 15) is 0 Å². The van der Waals surface area contributed by atoms with Crippen LogP contribution in [-0.4, -0.2) is 41.0 Å². The number of anilines is 1. The topological polar surface area (TPSA) is 67.1 Å². The monoisotopic (exact) mass is 375 g/mol. The van der Waals surface area contributed by atoms with Gasteiger partial charge in [0, 0.05) is 31.1 Å². The van der Waals surface area contributed by atoms with Crippen molar-refractivity contribution in [1.82, 2.24) is 20.2 Å². The first-order valence-electron chi connectivity index (χ1n) is 7.81. The van der Waals surface area contributed by atoms with Gasteiger partial charge >= 0.3 is 0 Å². The average molecular weight is 376 g/mol. The van der Waals surface area contributed by atoms with E-state index in [0.717, 1.165) is 55.2 Å². The standard InChI is InChI=1S/C15H21N5S.2ClH/c16-14-13-10-3-1-2-4-11(10)21-15(13)19-12(18-14)9-20-7-5-17-6-8-20;;/h17H,1-9H2,(H2,16,18,19);2*1H. The molecule has 23 heavy (non-hydrogen) atoms. The Morgan fingerprint density at radius 1 is 1.09 bits per heavy atom. The third kappa shape index (κ3) is 3.72. The summed E-state index contributed by atoms with van der Waals surface area (Å²) in [6.45, 7) is 5.02. The zero-order chi connectivity index (χ0) is 14.2. The zero-order valence-corrected chi connectivity index (χ0v) is 15.5. The van der Waals surface area contributed by atoms with Gasteiger partial charge in [-0.1, -0.05) is 0 Å². The minimum absolute atomic E-state index is 0. The highest BCUT2D eigenvalue weighted by Gasteiger charge is 2.20. The number of nitrogens with zero attached hydrogens (tertiary/aromatic N) is 3. The molecule has 3 heterocycles. The van der Waals surface area contributed by atoms with E-state index >= 15 is 0 Å². The number of thiophene rings is 1. The summed E-state index contributed by atoms with van der Waals surface area (Å²) in [5.74, 6) is 1.56. The zero-order valence-electron chi connectivity index (χ0n) is 13.0. The molecular formula is C15H23Cl2N5S. The molecule has 5 nitrogen and oxygen atoms in total. The maximum absolute atomic E-state index is 6.26. The van der Waals surface area contributed by atoms with Crippen LogP contribution in [0.2, 0.25) is 0 Å². The second-order valence-electron chi connectivity index (χ2n) is 5.94. The molecule has 0 spiro atoms. The number of hydrogen-bond acceptors (Lipinski definition) is 6. The van der Waals surface area contributed by atoms with E-state index in [1.54, 1.807) is 0 Å². The molecule has 0 atom stereocenters. The van der Waals surface area contributed by atoms with E-state index in [2.05, 4.69) is 15.2 Å². The highest BCUT2D eigenvalue weighted by atomic mass is 35.5. The fourth-order valence-corrected chi connectivity index (χ4v) is 4.66. The maximum atomic E-state index is 6.26. The highest BCUT2D eigenvalue weighted by Crippen LogP contribution is 2.37. The summed E-state index contributed by atoms with van der Waals surface area (Å²) < 4.78 is 0. The smallest absolute Gasteiger partial charge is 0.146 e. The SMILES string of the molecule is Cl.Cl.Nc1nc(CN2CCNCC2)nc2sc3c(c12)CCCC3. The van der Waals surface area contributed by atoms with Crippen LogP contribution < -0.4 is 11.1 Å². The molecule has 1 saturated heterocycles. The first-order chi connectivity index (χ1) is 10.3. The van der Waals surface area contributed by atoms with E-state index in [0.29, 0.717) is 5.82 Å². The van der Waals surface area contributed by atoms with Gasteiger partial charge in [0.15, 0.2) is 0 Å². The number of nitrogen functional groups attached to an aromatic ring is 1. The lowest BCUT2D eigenvalue weighted by Crippen LogP contribution is -2.43. The second kappa shape index (κ2) is 7.94. The molecule has 0 saturated carbocycles. The molecular weight excluding hydrogens is 353 g/mol. The molecule has 0 unspecified atom stereocenters. The molecule has 2 aromatic rings. The van der Waals surface area contributed by atoms with E-state index < -0.39 is 0 Å². The second-order valence-corrected chi connectivity index (χ2v) is 7.03. The summed E-state index contributed by atoms with van der Waals surface area (Å²) in [5.41, 5.74) is 7.68. The fraction of sp³-hybridized carbons (Fsp3) is 0.600. The van der Waals surface area contributed by atoms with Crippen LogP contribution >= 0.6 is 36.2 Å². The maximum Gasteiger partial charge on any atom is 0.146 e. The van der Waals surface area contributed by atoms with Crippen molar-refractivity contribution in [1.29, 1.82) is 0 Å². The molecule has 8 heteroatoms. The quantitative estimate of drug-likeness (QED) is 0.843. The van der Waals surface area contributed by atoms with Gasteiger partial charge in [0.2, 0.25) is 0 Å². The van der Waals surface area contributed by atoms with Gasteiger partial charge in [0.05, 0.1) is 11.9 Å². The fourth-order valence-electron chi connectivity index (χ4n) is 3.37. The summed E-state index contributed by atoms with van der Waals surface area (Å²) in [4.78, 5) is 14.4. The third-order valence-electron chi connectivity index (χ3n) is 4.46. The Hall–Kier alpha value is -0.660. The minimum atomic E-state index is 0. The number of nitrogens with one attached hydrogen (secondary N) is 1. The molecule has 128 valence electrons. The van der Waals surface area contributed by atoms with Crippen LogP contribution in [0.3, 0.4) is 0 Å². The van der Waals surface area contributed by atoms with Crippen molar-refractivity contribution in [3.63, 3.8) is 0 Å². The van der Waals surface area contributed by atoms with Crippen LogP contribution in [0, 0.1) is 0 Å². The molecule has 3 N–H and O–H groups in total. The molecule has 0 bridgehead atoms. The Morgan fingerprint density at radius 3 is 2.61 bits per heavy atom. The Morgan fingerprint density at radius 2 is 1.83 bits per heavy atom. The molecule has 0 radical (unpaired) electrons. The highest BCUT2D eigenvalue weighted by molar-refractivity contribution is 7.19. The van der Waals surface area contributed by atoms with Gasteiger partial charge in [-0.25, -0.2) is 9.97 Å². The molecule has 4 rings (SSSR count). The van der Waals surface area contributed by atoms with E-state index in [1.165, 1.54) is 29.7 Å². The van der Waals surface area contributed by atoms with Gasteiger partial charge in [-0.2, -0.15) is 0 Å². The Bertz CT molecular complexity index is 669. The predicted octanol–water partition coefficient (Wildman–Crippen LogP) is 2.40. The van der Waals surface area contributed by atoms with Crippen LogP contribution in [0.5, 0.6) is 0 Å². The summed E-state index contributed by atoms with van der Waals surface area (Å²) >= 11 is 1.83. The van der Waals surface area contributed by atoms with Crippen molar-refractivity contribution in [3.05, 3.63) is 16.3 Å². The largest absolute Gasteiger partial charge is 0.383 e. The summed E-state index contributed by atoms with van der Waals surface area (Å²) in [5, 5.41) is 4.51. The van der Waals surface area contributed by atoms with Crippen LogP contribution in [0.25, 0.3) is 10.2 Å². The molecule has 2 aromatic heterocycles. The van der Waals surface area contributed by atoms with Gasteiger partial charge in [0.25, 0.3) is 0 Å². The Labute approximate surface area is 152 Å². The first kappa shape index (κ1) is 18.7. The lowest BCUT2D eigenvalue weighted by molar-refractivity contribution is 0.228. The van der Waals surface area contributed by atoms with Gasteiger partial charge in [-0.15, -0.1) is 36.2 Å². The molecule has 0 aromatic carbocycles. The number of halogens is 2. The molecule has 1 aliphatic carbocycles. The van der Waals surface area contributed by atoms with Crippen LogP contribution in [0.4, 0.5) is 5.82 Å². The lowest BCUT2D eigenvalue weighted by atomic mass is 9.97. The van der Waals surface area contributed by atoms with Crippen molar-refractivity contribution in [2.75, 3.05) is 31.9 Å². The van der Waals surface area contributed by atoms with Gasteiger partial charge < -0.3 is 11.1 Å². The number of fused-ring (bicyclic) bond motifs is 3. The third-order valence-corrected chi connectivity index (χ3v) is 5.65. The van der Waals surface area contributed by atoms with Crippen LogP contribution in [0.1, 0.15) is 29.1 Å². The Kier molecular flexibility index (Phi) is 6.45. The molecule has 1 aliphatic heterocycles. The molecule has 0 amide bonds. The summed E-state index contributed by atoms with van der Waals surface area (Å²) in [6, 6.07) is 0. The van der Waals surface area contributed by atoms with Crippen LogP contribution in [-0.2, 0) is 19.4 Å². The van der Waals surface area contributed by atoms with Crippen molar-refractivity contribution in [2.45, 2.75) is 32.2 Å². The molecule has 1 fully saturated rings. The van der Waals surface area contributed by atoms with E-state index in [-0.39, 0.29) is 24.8 Å². The van der Waals surface area contributed by atoms with Crippen molar-refractivity contribution in [2.24, 2.45) is 0 Å². The number of hydrogen-bond donors (Lipinski definition) is 2. The summed E-state index contributed by atoms with van der Waals surface area (Å²) in [6.07, 6.45) is 4.88. The number of rotatable bonds is 2. The number of piperazine rings is 1. The van der Waals surface area contributed by atoms with Gasteiger partial charge in [0.1, 0.15) is 16.5 Å². The predicted molar refractivity (Wildman–Crippen MR) is 101 cm³/mol. The van der Waals surface area contributed by atoms with Crippen molar-refractivity contribution in [3.8, 4) is 0 Å². The van der Waals surface area contributed by atoms with Crippen LogP contribution in [0.15, 0.2) is 0 Å². The van der Waals surface area contributed by atoms with E-state index in [4.69, 9.17) is 10.7 Å². The average Bonchev–Trinajstić information content (AvgIpc) is 2.87. The Balaban J connectivity index is 0.000000960. The van der Waals surface area contributed by atoms with Crippen molar-refractivity contribution < 1.29 is 0 Å². The van der Waals surface area contributed by atoms with E-state index in [1.807, 2.05) is 11.3 Å². The lowest BCUT2D eigenvalue weighted by Gasteiger charge is -2.26. The van der Waals surface area contributed by atoms with Gasteiger partial charge in [-0.3, -0.25) is 4.90 Å². The molecule has 2 aliphatic rings. The van der Waals surface area contributed by atoms with Crippen molar-refractivity contribution >= 4 is 52.2 Å². The number of aromatic nitrogens is 2. The summed E-state index contributed by atoms with van der Waals surface area (Å²) in [7, 11) is 0. The number of nitrogens with two attached hydrogens (primary N) is 1. The minimum Gasteiger partial charge on any atom is -0.383 e. The number of aryl methyl sites for hydroxylation is 2. The van der Waals surface area contributed by atoms with Gasteiger partial charge in [-0.05, 0) is 31.2 Å². The normalized spacial score (nSPS) is 18.1.